The first-order chi connectivity index (χ1) is 34.7. The van der Waals surface area contributed by atoms with E-state index >= 15 is 8.78 Å². The molecule has 7 aromatic rings. The van der Waals surface area contributed by atoms with Crippen molar-refractivity contribution >= 4 is 0 Å². The lowest BCUT2D eigenvalue weighted by molar-refractivity contribution is -0.0951. The molecule has 0 atom stereocenters. The first-order valence-corrected chi connectivity index (χ1v) is 28.1. The third-order valence-corrected chi connectivity index (χ3v) is 15.8. The maximum absolute atomic E-state index is 17.5. The summed E-state index contributed by atoms with van der Waals surface area (Å²) in [7, 11) is 0. The Labute approximate surface area is 447 Å². The van der Waals surface area contributed by atoms with Gasteiger partial charge in [-0.25, -0.2) is 8.78 Å². The van der Waals surface area contributed by atoms with Crippen LogP contribution in [0.4, 0.5) is 8.78 Å². The Morgan fingerprint density at radius 1 is 0.297 bits per heavy atom. The molecule has 0 heterocycles. The van der Waals surface area contributed by atoms with E-state index in [0.717, 1.165) is 44.5 Å². The number of rotatable bonds is 16. The summed E-state index contributed by atoms with van der Waals surface area (Å²) in [5.74, 6) is -0.901. The van der Waals surface area contributed by atoms with E-state index in [2.05, 4.69) is 238 Å². The summed E-state index contributed by atoms with van der Waals surface area (Å²) in [5.41, 5.74) is 22.8. The molecule has 390 valence electrons. The molecule has 0 unspecified atom stereocenters. The Kier molecular flexibility index (Phi) is 16.9. The SMILES string of the molecule is CC(C)c1cccc(C(C)C)c1-c1cc(-c2cccc(-c3cc(-c4c(C(C)C)cccc4C(C)C)cc(-c4c(C(C)C)cccc4C(C)C)c3)c2CC(F)(F)C(C)(C)C)cc(-c2c(C(C)C)cccc2C(C)C)c1. The van der Waals surface area contributed by atoms with E-state index in [-0.39, 0.29) is 47.3 Å². The van der Waals surface area contributed by atoms with E-state index in [1.807, 2.05) is 0 Å². The van der Waals surface area contributed by atoms with Crippen LogP contribution < -0.4 is 0 Å². The van der Waals surface area contributed by atoms with Crippen molar-refractivity contribution in [3.8, 4) is 66.8 Å². The van der Waals surface area contributed by atoms with Gasteiger partial charge in [0.1, 0.15) is 0 Å². The number of alkyl halides is 2. The highest BCUT2D eigenvalue weighted by Crippen LogP contribution is 2.49. The molecule has 0 saturated carbocycles. The molecule has 0 aliphatic heterocycles. The van der Waals surface area contributed by atoms with Gasteiger partial charge in [-0.3, -0.25) is 0 Å². The lowest BCUT2D eigenvalue weighted by Crippen LogP contribution is -2.36. The minimum Gasteiger partial charge on any atom is -0.206 e. The van der Waals surface area contributed by atoms with Crippen molar-refractivity contribution in [1.82, 2.24) is 0 Å². The van der Waals surface area contributed by atoms with Crippen LogP contribution in [0.2, 0.25) is 0 Å². The number of hydrogen-bond acceptors (Lipinski definition) is 0. The second-order valence-corrected chi connectivity index (χ2v) is 25.0. The van der Waals surface area contributed by atoms with Gasteiger partial charge in [0.15, 0.2) is 0 Å². The molecule has 0 bridgehead atoms. The fraction of sp³-hybridized carbons (Fsp3) is 0.417. The van der Waals surface area contributed by atoms with Crippen molar-refractivity contribution < 1.29 is 8.78 Å². The van der Waals surface area contributed by atoms with E-state index in [1.54, 1.807) is 20.8 Å². The summed E-state index contributed by atoms with van der Waals surface area (Å²) in [6, 6.07) is 47.5. The van der Waals surface area contributed by atoms with Crippen LogP contribution >= 0.6 is 0 Å². The smallest absolute Gasteiger partial charge is 0.206 e. The normalized spacial score (nSPS) is 12.6. The molecule has 0 amide bonds. The van der Waals surface area contributed by atoms with Gasteiger partial charge in [0, 0.05) is 11.8 Å². The number of benzene rings is 7. The number of hydrogen-bond donors (Lipinski definition) is 0. The summed E-state index contributed by atoms with van der Waals surface area (Å²) in [4.78, 5) is 0. The van der Waals surface area contributed by atoms with Crippen molar-refractivity contribution in [1.29, 1.82) is 0 Å². The Morgan fingerprint density at radius 2 is 0.486 bits per heavy atom. The van der Waals surface area contributed by atoms with Crippen LogP contribution in [0.25, 0.3) is 66.8 Å². The summed E-state index contributed by atoms with van der Waals surface area (Å²) >= 11 is 0. The summed E-state index contributed by atoms with van der Waals surface area (Å²) in [6.07, 6.45) is -0.416. The second-order valence-electron chi connectivity index (χ2n) is 25.0. The Balaban J connectivity index is 1.69. The van der Waals surface area contributed by atoms with Crippen LogP contribution in [0, 0.1) is 5.41 Å². The molecule has 0 N–H and O–H groups in total. The van der Waals surface area contributed by atoms with Crippen LogP contribution in [0.15, 0.2) is 127 Å². The average molecular weight is 991 g/mol. The topological polar surface area (TPSA) is 0 Å². The standard InChI is InChI=1S/C72H88F2/c1-42(2)56-25-20-26-57(43(3)4)67(56)52-35-50(36-53(39-52)68-58(44(5)6)27-21-28-59(68)45(7)8)64-33-24-34-65(66(64)41-72(73,74)71(17,18)19)51-37-54(69-60(46(9)10)29-22-30-61(69)47(11)12)40-55(38-51)70-62(48(13)14)31-23-32-63(70)49(15)16/h20-40,42-49H,41H2,1-19H3. The molecule has 0 radical (unpaired) electrons. The summed E-state index contributed by atoms with van der Waals surface area (Å²) in [5, 5.41) is 0. The van der Waals surface area contributed by atoms with Crippen LogP contribution in [0.1, 0.15) is 229 Å². The third kappa shape index (κ3) is 11.3. The summed E-state index contributed by atoms with van der Waals surface area (Å²) < 4.78 is 35.0. The molecular formula is C72H88F2. The van der Waals surface area contributed by atoms with Crippen molar-refractivity contribution in [2.75, 3.05) is 0 Å². The van der Waals surface area contributed by atoms with Gasteiger partial charge in [-0.05, 0) is 201 Å². The van der Waals surface area contributed by atoms with Crippen molar-refractivity contribution in [3.05, 3.63) is 177 Å². The fourth-order valence-electron chi connectivity index (χ4n) is 11.5. The Bertz CT molecular complexity index is 2640. The molecule has 0 aliphatic rings. The van der Waals surface area contributed by atoms with E-state index in [4.69, 9.17) is 0 Å². The molecular weight excluding hydrogens is 903 g/mol. The first-order valence-electron chi connectivity index (χ1n) is 28.1. The van der Waals surface area contributed by atoms with Gasteiger partial charge in [-0.1, -0.05) is 223 Å². The van der Waals surface area contributed by atoms with Crippen molar-refractivity contribution in [2.45, 2.75) is 191 Å². The zero-order chi connectivity index (χ0) is 54.3. The Hall–Kier alpha value is -5.60. The van der Waals surface area contributed by atoms with E-state index in [1.165, 1.54) is 66.8 Å². The molecule has 0 fully saturated rings. The third-order valence-electron chi connectivity index (χ3n) is 15.8. The second kappa shape index (κ2) is 22.3. The van der Waals surface area contributed by atoms with Gasteiger partial charge >= 0.3 is 0 Å². The highest BCUT2D eigenvalue weighted by molar-refractivity contribution is 5.91. The van der Waals surface area contributed by atoms with Crippen LogP contribution in [-0.2, 0) is 6.42 Å². The van der Waals surface area contributed by atoms with Crippen molar-refractivity contribution in [2.24, 2.45) is 5.41 Å². The molecule has 74 heavy (non-hydrogen) atoms. The minimum atomic E-state index is -3.05. The first kappa shape index (κ1) is 56.1. The Morgan fingerprint density at radius 3 is 0.676 bits per heavy atom. The van der Waals surface area contributed by atoms with Crippen LogP contribution in [0.5, 0.6) is 0 Å². The number of halogens is 2. The molecule has 7 rings (SSSR count). The molecule has 0 aliphatic carbocycles. The van der Waals surface area contributed by atoms with Crippen LogP contribution in [0.3, 0.4) is 0 Å². The monoisotopic (exact) mass is 991 g/mol. The largest absolute Gasteiger partial charge is 0.256 e. The van der Waals surface area contributed by atoms with E-state index < -0.39 is 17.8 Å². The molecule has 2 heteroatoms. The fourth-order valence-corrected chi connectivity index (χ4v) is 11.5. The highest BCUT2D eigenvalue weighted by Gasteiger charge is 2.44. The van der Waals surface area contributed by atoms with Gasteiger partial charge in [0.05, 0.1) is 0 Å². The predicted molar refractivity (Wildman–Crippen MR) is 320 cm³/mol. The zero-order valence-electron chi connectivity index (χ0n) is 48.7. The van der Waals surface area contributed by atoms with Gasteiger partial charge < -0.3 is 0 Å². The molecule has 0 saturated heterocycles. The lowest BCUT2D eigenvalue weighted by Gasteiger charge is -2.32. The maximum atomic E-state index is 17.5. The zero-order valence-corrected chi connectivity index (χ0v) is 48.7. The minimum absolute atomic E-state index is 0.268. The molecule has 0 aromatic heterocycles. The predicted octanol–water partition coefficient (Wildman–Crippen LogP) is 22.9. The van der Waals surface area contributed by atoms with Crippen molar-refractivity contribution in [3.63, 3.8) is 0 Å². The average Bonchev–Trinajstić information content (AvgIpc) is 3.34. The maximum Gasteiger partial charge on any atom is 0.256 e. The highest BCUT2D eigenvalue weighted by atomic mass is 19.3. The van der Waals surface area contributed by atoms with Gasteiger partial charge in [0.2, 0.25) is 0 Å². The lowest BCUT2D eigenvalue weighted by atomic mass is 9.77. The van der Waals surface area contributed by atoms with E-state index in [0.29, 0.717) is 5.56 Å². The van der Waals surface area contributed by atoms with Crippen LogP contribution in [-0.4, -0.2) is 5.92 Å². The molecule has 0 nitrogen and oxygen atoms in total. The van der Waals surface area contributed by atoms with Gasteiger partial charge in [-0.15, -0.1) is 0 Å². The van der Waals surface area contributed by atoms with Gasteiger partial charge in [0.25, 0.3) is 5.92 Å². The summed E-state index contributed by atoms with van der Waals surface area (Å²) in [6.45, 7) is 41.6. The molecule has 0 spiro atoms. The quantitative estimate of drug-likeness (QED) is 0.0905. The molecule has 7 aromatic carbocycles. The van der Waals surface area contributed by atoms with Gasteiger partial charge in [-0.2, -0.15) is 0 Å². The van der Waals surface area contributed by atoms with E-state index in [9.17, 15) is 0 Å².